The summed E-state index contributed by atoms with van der Waals surface area (Å²) >= 11 is 0. The summed E-state index contributed by atoms with van der Waals surface area (Å²) in [7, 11) is 0. The van der Waals surface area contributed by atoms with Crippen LogP contribution < -0.4 is 0 Å². The van der Waals surface area contributed by atoms with Crippen molar-refractivity contribution >= 4 is 0 Å². The summed E-state index contributed by atoms with van der Waals surface area (Å²) in [5.74, 6) is 2.91. The zero-order valence-electron chi connectivity index (χ0n) is 18.3. The Kier molecular flexibility index (Phi) is 5.90. The van der Waals surface area contributed by atoms with Gasteiger partial charge < -0.3 is 0 Å². The largest absolute Gasteiger partial charge is 0.0683 e. The zero-order valence-corrected chi connectivity index (χ0v) is 18.3. The topological polar surface area (TPSA) is 0 Å². The van der Waals surface area contributed by atoms with Gasteiger partial charge in [-0.25, -0.2) is 0 Å². The van der Waals surface area contributed by atoms with Gasteiger partial charge in [-0.3, -0.25) is 0 Å². The summed E-state index contributed by atoms with van der Waals surface area (Å²) < 4.78 is 0. The second kappa shape index (κ2) is 7.69. The standard InChI is InChI=1S/C19H24.C5H12.C2H6/c1-13-3-4-16-14(9-13)5-8-19-11-15(19)10-18(6-2-7-18)12-17(16)19;1-4-5(2)3;1-2/h3-4,9,15,17H,2,5-8,10-12H2,1H3;5H,4H2,1-3H3;1-2H3. The minimum absolute atomic E-state index is 0.767. The molecule has 3 saturated carbocycles. The van der Waals surface area contributed by atoms with Crippen LogP contribution in [0.3, 0.4) is 0 Å². The van der Waals surface area contributed by atoms with E-state index < -0.39 is 0 Å². The Morgan fingerprint density at radius 2 is 1.73 bits per heavy atom. The first-order chi connectivity index (χ1) is 12.5. The van der Waals surface area contributed by atoms with Crippen LogP contribution in [0.15, 0.2) is 18.2 Å². The van der Waals surface area contributed by atoms with Crippen molar-refractivity contribution in [2.24, 2.45) is 22.7 Å². The third-order valence-electron chi connectivity index (χ3n) is 8.05. The summed E-state index contributed by atoms with van der Waals surface area (Å²) in [6.07, 6.45) is 13.4. The molecule has 0 aromatic heterocycles. The zero-order chi connectivity index (χ0) is 18.9. The number of benzene rings is 1. The molecule has 5 rings (SSSR count). The predicted molar refractivity (Wildman–Crippen MR) is 115 cm³/mol. The molecule has 3 unspecified atom stereocenters. The van der Waals surface area contributed by atoms with E-state index >= 15 is 0 Å². The van der Waals surface area contributed by atoms with E-state index in [9.17, 15) is 0 Å². The van der Waals surface area contributed by atoms with Gasteiger partial charge in [0, 0.05) is 0 Å². The first-order valence-electron chi connectivity index (χ1n) is 11.6. The van der Waals surface area contributed by atoms with E-state index in [4.69, 9.17) is 0 Å². The molecule has 3 fully saturated rings. The van der Waals surface area contributed by atoms with E-state index in [1.807, 2.05) is 13.8 Å². The third-order valence-corrected chi connectivity index (χ3v) is 8.05. The molecule has 3 atom stereocenters. The van der Waals surface area contributed by atoms with Crippen molar-refractivity contribution < 1.29 is 0 Å². The van der Waals surface area contributed by atoms with Crippen LogP contribution in [0.2, 0.25) is 0 Å². The Morgan fingerprint density at radius 3 is 2.31 bits per heavy atom. The minimum atomic E-state index is 0.767. The van der Waals surface area contributed by atoms with Gasteiger partial charge in [0.1, 0.15) is 0 Å². The lowest BCUT2D eigenvalue weighted by Crippen LogP contribution is -2.40. The first-order valence-corrected chi connectivity index (χ1v) is 11.6. The average molecular weight is 355 g/mol. The van der Waals surface area contributed by atoms with Crippen LogP contribution in [0.25, 0.3) is 0 Å². The van der Waals surface area contributed by atoms with Gasteiger partial charge in [0.2, 0.25) is 0 Å². The van der Waals surface area contributed by atoms with Gasteiger partial charge in [0.05, 0.1) is 0 Å². The van der Waals surface area contributed by atoms with Crippen molar-refractivity contribution in [3.8, 4) is 0 Å². The van der Waals surface area contributed by atoms with Crippen molar-refractivity contribution in [2.75, 3.05) is 0 Å². The molecule has 0 radical (unpaired) electrons. The normalized spacial score (nSPS) is 32.0. The van der Waals surface area contributed by atoms with Crippen molar-refractivity contribution in [2.45, 2.75) is 105 Å². The fourth-order valence-electron chi connectivity index (χ4n) is 5.99. The van der Waals surface area contributed by atoms with Crippen LogP contribution in [0.4, 0.5) is 0 Å². The molecule has 0 saturated heterocycles. The number of fused-ring (bicyclic) bond motifs is 2. The lowest BCUT2D eigenvalue weighted by atomic mass is 9.53. The highest BCUT2D eigenvalue weighted by Crippen LogP contribution is 2.76. The molecule has 2 spiro atoms. The summed E-state index contributed by atoms with van der Waals surface area (Å²) in [5.41, 5.74) is 6.46. The van der Waals surface area contributed by atoms with Gasteiger partial charge in [-0.15, -0.1) is 0 Å². The van der Waals surface area contributed by atoms with Crippen molar-refractivity contribution in [1.29, 1.82) is 0 Å². The molecule has 1 aromatic rings. The molecular weight excluding hydrogens is 312 g/mol. The highest BCUT2D eigenvalue weighted by Gasteiger charge is 2.66. The second-order valence-electron chi connectivity index (χ2n) is 9.95. The van der Waals surface area contributed by atoms with Crippen LogP contribution in [0.1, 0.15) is 109 Å². The molecule has 26 heavy (non-hydrogen) atoms. The van der Waals surface area contributed by atoms with Gasteiger partial charge in [-0.1, -0.05) is 71.2 Å². The number of aryl methyl sites for hydroxylation is 2. The predicted octanol–water partition coefficient (Wildman–Crippen LogP) is 8.07. The van der Waals surface area contributed by atoms with Crippen LogP contribution >= 0.6 is 0 Å². The highest BCUT2D eigenvalue weighted by atomic mass is 14.7. The molecule has 0 heteroatoms. The molecule has 0 bridgehead atoms. The molecule has 0 nitrogen and oxygen atoms in total. The monoisotopic (exact) mass is 354 g/mol. The summed E-state index contributed by atoms with van der Waals surface area (Å²) in [6, 6.07) is 7.32. The molecule has 4 aliphatic carbocycles. The molecule has 0 aliphatic heterocycles. The van der Waals surface area contributed by atoms with Gasteiger partial charge in [-0.05, 0) is 91.6 Å². The molecule has 146 valence electrons. The smallest absolute Gasteiger partial charge is 0.00945 e. The molecule has 4 aliphatic rings. The maximum atomic E-state index is 2.49. The Hall–Kier alpha value is -0.780. The molecular formula is C26H42. The fourth-order valence-corrected chi connectivity index (χ4v) is 5.99. The maximum absolute atomic E-state index is 2.49. The van der Waals surface area contributed by atoms with Gasteiger partial charge in [0.15, 0.2) is 0 Å². The molecule has 0 amide bonds. The van der Waals surface area contributed by atoms with Crippen molar-refractivity contribution in [3.05, 3.63) is 34.9 Å². The lowest BCUT2D eigenvalue weighted by molar-refractivity contribution is 0.0308. The van der Waals surface area contributed by atoms with E-state index in [1.165, 1.54) is 50.5 Å². The molecule has 0 N–H and O–H groups in total. The first kappa shape index (κ1) is 20.0. The fraction of sp³-hybridized carbons (Fsp3) is 0.769. The summed E-state index contributed by atoms with van der Waals surface area (Å²) in [6.45, 7) is 12.9. The Morgan fingerprint density at radius 1 is 1.04 bits per heavy atom. The highest BCUT2D eigenvalue weighted by molar-refractivity contribution is 5.41. The van der Waals surface area contributed by atoms with E-state index in [1.54, 1.807) is 24.0 Å². The SMILES string of the molecule is CC.CCC(C)C.Cc1ccc2c(c1)CCC13CC1CC1(CCC1)CC23. The maximum Gasteiger partial charge on any atom is -0.00945 e. The number of rotatable bonds is 1. The Labute approximate surface area is 163 Å². The van der Waals surface area contributed by atoms with Crippen molar-refractivity contribution in [3.63, 3.8) is 0 Å². The third kappa shape index (κ3) is 3.50. The van der Waals surface area contributed by atoms with E-state index in [-0.39, 0.29) is 0 Å². The Balaban J connectivity index is 0.000000246. The van der Waals surface area contributed by atoms with Crippen LogP contribution in [-0.2, 0) is 6.42 Å². The lowest BCUT2D eigenvalue weighted by Gasteiger charge is -2.52. The van der Waals surface area contributed by atoms with Crippen molar-refractivity contribution in [1.82, 2.24) is 0 Å². The Bertz CT molecular complexity index is 606. The van der Waals surface area contributed by atoms with E-state index in [0.717, 1.165) is 28.6 Å². The van der Waals surface area contributed by atoms with Gasteiger partial charge in [0.25, 0.3) is 0 Å². The van der Waals surface area contributed by atoms with E-state index in [2.05, 4.69) is 45.9 Å². The second-order valence-corrected chi connectivity index (χ2v) is 9.95. The number of hydrogen-bond acceptors (Lipinski definition) is 0. The minimum Gasteiger partial charge on any atom is -0.0683 e. The quantitative estimate of drug-likeness (QED) is 0.478. The van der Waals surface area contributed by atoms with E-state index in [0.29, 0.717) is 0 Å². The average Bonchev–Trinajstić information content (AvgIpc) is 3.34. The molecule has 0 heterocycles. The van der Waals surface area contributed by atoms with Crippen LogP contribution in [-0.4, -0.2) is 0 Å². The van der Waals surface area contributed by atoms with Crippen LogP contribution in [0.5, 0.6) is 0 Å². The van der Waals surface area contributed by atoms with Gasteiger partial charge >= 0.3 is 0 Å². The summed E-state index contributed by atoms with van der Waals surface area (Å²) in [5, 5.41) is 0. The van der Waals surface area contributed by atoms with Gasteiger partial charge in [-0.2, -0.15) is 0 Å². The number of hydrogen-bond donors (Lipinski definition) is 0. The van der Waals surface area contributed by atoms with Crippen LogP contribution in [0, 0.1) is 29.6 Å². The molecule has 1 aromatic carbocycles. The summed E-state index contributed by atoms with van der Waals surface area (Å²) in [4.78, 5) is 0.